The van der Waals surface area contributed by atoms with Crippen LogP contribution in [-0.2, 0) is 6.54 Å². The van der Waals surface area contributed by atoms with Crippen LogP contribution in [0.25, 0.3) is 5.69 Å². The molecule has 1 atom stereocenters. The Hall–Kier alpha value is -1.65. The summed E-state index contributed by atoms with van der Waals surface area (Å²) in [5.41, 5.74) is 4.54. The van der Waals surface area contributed by atoms with Crippen LogP contribution in [0.1, 0.15) is 30.3 Å². The summed E-state index contributed by atoms with van der Waals surface area (Å²) in [7, 11) is 0. The molecule has 0 amide bonds. The molecule has 4 heteroatoms. The maximum Gasteiger partial charge on any atom is 0.0648 e. The first kappa shape index (κ1) is 14.8. The highest BCUT2D eigenvalue weighted by Gasteiger charge is 2.12. The Morgan fingerprint density at radius 3 is 2.60 bits per heavy atom. The molecule has 0 radical (unpaired) electrons. The zero-order valence-electron chi connectivity index (χ0n) is 12.4. The van der Waals surface area contributed by atoms with Crippen LogP contribution >= 0.6 is 0 Å². The average Bonchev–Trinajstić information content (AvgIpc) is 2.71. The van der Waals surface area contributed by atoms with E-state index in [-0.39, 0.29) is 6.10 Å². The third-order valence-corrected chi connectivity index (χ3v) is 3.48. The number of benzene rings is 1. The van der Waals surface area contributed by atoms with Gasteiger partial charge in [0.2, 0.25) is 0 Å². The molecular formula is C16H23N3O. The second-order valence-corrected chi connectivity index (χ2v) is 5.21. The van der Waals surface area contributed by atoms with Crippen LogP contribution in [-0.4, -0.2) is 27.5 Å². The summed E-state index contributed by atoms with van der Waals surface area (Å²) in [5.74, 6) is 0. The molecule has 1 aromatic carbocycles. The Labute approximate surface area is 120 Å². The molecular weight excluding hydrogens is 250 g/mol. The summed E-state index contributed by atoms with van der Waals surface area (Å²) in [6.07, 6.45) is 0.516. The fourth-order valence-electron chi connectivity index (χ4n) is 2.28. The van der Waals surface area contributed by atoms with Gasteiger partial charge in [-0.25, -0.2) is 4.68 Å². The molecule has 0 spiro atoms. The van der Waals surface area contributed by atoms with Crippen molar-refractivity contribution in [2.24, 2.45) is 0 Å². The van der Waals surface area contributed by atoms with Crippen LogP contribution in [0.15, 0.2) is 30.3 Å². The first-order valence-corrected chi connectivity index (χ1v) is 7.09. The predicted octanol–water partition coefficient (Wildman–Crippen LogP) is 2.35. The van der Waals surface area contributed by atoms with Crippen molar-refractivity contribution < 1.29 is 5.11 Å². The highest BCUT2D eigenvalue weighted by molar-refractivity contribution is 5.36. The molecule has 0 aliphatic rings. The van der Waals surface area contributed by atoms with Gasteiger partial charge in [-0.1, -0.05) is 18.2 Å². The van der Waals surface area contributed by atoms with Crippen LogP contribution in [0, 0.1) is 13.8 Å². The van der Waals surface area contributed by atoms with Crippen LogP contribution in [0.5, 0.6) is 0 Å². The van der Waals surface area contributed by atoms with Crippen molar-refractivity contribution >= 4 is 0 Å². The van der Waals surface area contributed by atoms with Gasteiger partial charge in [-0.2, -0.15) is 5.10 Å². The van der Waals surface area contributed by atoms with E-state index in [0.717, 1.165) is 30.9 Å². The Kier molecular flexibility index (Phi) is 4.93. The van der Waals surface area contributed by atoms with Crippen molar-refractivity contribution in [1.82, 2.24) is 15.1 Å². The first-order chi connectivity index (χ1) is 9.59. The number of aliphatic hydroxyl groups excluding tert-OH is 1. The minimum Gasteiger partial charge on any atom is -0.393 e. The number of aryl methyl sites for hydroxylation is 1. The number of nitrogens with one attached hydrogen (secondary N) is 1. The molecule has 1 heterocycles. The number of para-hydroxylation sites is 1. The highest BCUT2D eigenvalue weighted by Crippen LogP contribution is 2.17. The fraction of sp³-hybridized carbons (Fsp3) is 0.438. The van der Waals surface area contributed by atoms with E-state index in [1.54, 1.807) is 0 Å². The second-order valence-electron chi connectivity index (χ2n) is 5.21. The van der Waals surface area contributed by atoms with Crippen molar-refractivity contribution in [2.75, 3.05) is 6.54 Å². The van der Waals surface area contributed by atoms with Gasteiger partial charge >= 0.3 is 0 Å². The van der Waals surface area contributed by atoms with Gasteiger partial charge in [0.15, 0.2) is 0 Å². The molecule has 0 fully saturated rings. The third-order valence-electron chi connectivity index (χ3n) is 3.48. The number of rotatable bonds is 6. The van der Waals surface area contributed by atoms with Crippen molar-refractivity contribution in [3.8, 4) is 5.69 Å². The van der Waals surface area contributed by atoms with E-state index in [1.807, 2.05) is 36.7 Å². The standard InChI is InChI=1S/C16H23N3O/c1-12(20)9-10-17-11-16-13(2)18-19(14(16)3)15-7-5-4-6-8-15/h4-8,12,17,20H,9-11H2,1-3H3. The van der Waals surface area contributed by atoms with Crippen molar-refractivity contribution in [1.29, 1.82) is 0 Å². The topological polar surface area (TPSA) is 50.1 Å². The summed E-state index contributed by atoms with van der Waals surface area (Å²) in [4.78, 5) is 0. The largest absolute Gasteiger partial charge is 0.393 e. The molecule has 2 aromatic rings. The SMILES string of the molecule is Cc1nn(-c2ccccc2)c(C)c1CNCCC(C)O. The molecule has 0 saturated carbocycles. The zero-order chi connectivity index (χ0) is 14.5. The van der Waals surface area contributed by atoms with Gasteiger partial charge < -0.3 is 10.4 Å². The number of aromatic nitrogens is 2. The number of nitrogens with zero attached hydrogens (tertiary/aromatic N) is 2. The van der Waals surface area contributed by atoms with E-state index >= 15 is 0 Å². The molecule has 20 heavy (non-hydrogen) atoms. The Bertz CT molecular complexity index is 546. The van der Waals surface area contributed by atoms with E-state index in [9.17, 15) is 5.11 Å². The number of hydrogen-bond acceptors (Lipinski definition) is 3. The van der Waals surface area contributed by atoms with Crippen LogP contribution in [0.2, 0.25) is 0 Å². The van der Waals surface area contributed by atoms with Crippen LogP contribution in [0.3, 0.4) is 0 Å². The molecule has 0 aliphatic heterocycles. The van der Waals surface area contributed by atoms with Crippen LogP contribution < -0.4 is 5.32 Å². The molecule has 108 valence electrons. The van der Waals surface area contributed by atoms with Crippen molar-refractivity contribution in [3.05, 3.63) is 47.3 Å². The van der Waals surface area contributed by atoms with Gasteiger partial charge in [0, 0.05) is 17.8 Å². The number of aliphatic hydroxyl groups is 1. The van der Waals surface area contributed by atoms with Gasteiger partial charge in [0.05, 0.1) is 17.5 Å². The molecule has 0 saturated heterocycles. The average molecular weight is 273 g/mol. The predicted molar refractivity (Wildman–Crippen MR) is 81.0 cm³/mol. The lowest BCUT2D eigenvalue weighted by atomic mass is 10.2. The summed E-state index contributed by atoms with van der Waals surface area (Å²) in [5, 5.41) is 17.2. The molecule has 4 nitrogen and oxygen atoms in total. The first-order valence-electron chi connectivity index (χ1n) is 7.09. The lowest BCUT2D eigenvalue weighted by Gasteiger charge is -2.08. The zero-order valence-corrected chi connectivity index (χ0v) is 12.4. The van der Waals surface area contributed by atoms with E-state index in [4.69, 9.17) is 0 Å². The van der Waals surface area contributed by atoms with Gasteiger partial charge in [-0.15, -0.1) is 0 Å². The maximum absolute atomic E-state index is 9.26. The van der Waals surface area contributed by atoms with Crippen molar-refractivity contribution in [2.45, 2.75) is 39.8 Å². The minimum absolute atomic E-state index is 0.253. The normalized spacial score (nSPS) is 12.6. The van der Waals surface area contributed by atoms with Gasteiger partial charge in [-0.05, 0) is 45.9 Å². The molecule has 2 rings (SSSR count). The van der Waals surface area contributed by atoms with E-state index in [1.165, 1.54) is 11.3 Å². The van der Waals surface area contributed by atoms with Gasteiger partial charge in [0.1, 0.15) is 0 Å². The summed E-state index contributed by atoms with van der Waals surface area (Å²) in [6.45, 7) is 7.55. The second kappa shape index (κ2) is 6.68. The van der Waals surface area contributed by atoms with E-state index < -0.39 is 0 Å². The van der Waals surface area contributed by atoms with Gasteiger partial charge in [-0.3, -0.25) is 0 Å². The van der Waals surface area contributed by atoms with Crippen LogP contribution in [0.4, 0.5) is 0 Å². The summed E-state index contributed by atoms with van der Waals surface area (Å²) >= 11 is 0. The highest BCUT2D eigenvalue weighted by atomic mass is 16.3. The summed E-state index contributed by atoms with van der Waals surface area (Å²) < 4.78 is 1.99. The maximum atomic E-state index is 9.26. The molecule has 2 N–H and O–H groups in total. The summed E-state index contributed by atoms with van der Waals surface area (Å²) in [6, 6.07) is 10.2. The minimum atomic E-state index is -0.253. The lowest BCUT2D eigenvalue weighted by Crippen LogP contribution is -2.19. The monoisotopic (exact) mass is 273 g/mol. The number of hydrogen-bond donors (Lipinski definition) is 2. The lowest BCUT2D eigenvalue weighted by molar-refractivity contribution is 0.183. The smallest absolute Gasteiger partial charge is 0.0648 e. The molecule has 1 aromatic heterocycles. The van der Waals surface area contributed by atoms with E-state index in [0.29, 0.717) is 0 Å². The Morgan fingerprint density at radius 1 is 1.25 bits per heavy atom. The quantitative estimate of drug-likeness (QED) is 0.794. The molecule has 0 bridgehead atoms. The molecule has 0 aliphatic carbocycles. The third kappa shape index (κ3) is 3.46. The van der Waals surface area contributed by atoms with Gasteiger partial charge in [0.25, 0.3) is 0 Å². The Morgan fingerprint density at radius 2 is 1.95 bits per heavy atom. The van der Waals surface area contributed by atoms with Crippen molar-refractivity contribution in [3.63, 3.8) is 0 Å². The molecule has 1 unspecified atom stereocenters. The fourth-order valence-corrected chi connectivity index (χ4v) is 2.28. The van der Waals surface area contributed by atoms with E-state index in [2.05, 4.69) is 29.5 Å². The Balaban J connectivity index is 2.09.